The summed E-state index contributed by atoms with van der Waals surface area (Å²) >= 11 is 19.5. The van der Waals surface area contributed by atoms with Crippen molar-refractivity contribution in [1.82, 2.24) is 28.9 Å². The Morgan fingerprint density at radius 3 is 1.41 bits per heavy atom. The van der Waals surface area contributed by atoms with E-state index in [1.165, 1.54) is 22.3 Å². The van der Waals surface area contributed by atoms with Crippen LogP contribution in [0.25, 0.3) is 0 Å². The van der Waals surface area contributed by atoms with Crippen LogP contribution in [-0.2, 0) is 25.9 Å². The van der Waals surface area contributed by atoms with Gasteiger partial charge < -0.3 is 16.8 Å². The highest BCUT2D eigenvalue weighted by atomic mass is 35.5. The van der Waals surface area contributed by atoms with E-state index in [1.807, 2.05) is 24.3 Å². The second-order valence-electron chi connectivity index (χ2n) is 12.5. The summed E-state index contributed by atoms with van der Waals surface area (Å²) in [5.41, 5.74) is 18.3. The van der Waals surface area contributed by atoms with E-state index in [2.05, 4.69) is 124 Å². The molecule has 0 atom stereocenters. The molecule has 0 bridgehead atoms. The van der Waals surface area contributed by atoms with E-state index in [4.69, 9.17) is 59.1 Å². The van der Waals surface area contributed by atoms with Crippen molar-refractivity contribution in [3.63, 3.8) is 0 Å². The molecule has 0 unspecified atom stereocenters. The fourth-order valence-corrected chi connectivity index (χ4v) is 5.75. The van der Waals surface area contributed by atoms with Crippen LogP contribution in [0.4, 0.5) is 11.4 Å². The normalized spacial score (nSPS) is 10.3. The van der Waals surface area contributed by atoms with E-state index in [9.17, 15) is 0 Å². The maximum atomic E-state index is 5.70. The molecule has 0 radical (unpaired) electrons. The first-order valence-corrected chi connectivity index (χ1v) is 20.3. The summed E-state index contributed by atoms with van der Waals surface area (Å²) in [6.45, 7) is 10.7. The van der Waals surface area contributed by atoms with Crippen LogP contribution in [0.5, 0.6) is 0 Å². The molecule has 4 aromatic carbocycles. The second-order valence-corrected chi connectivity index (χ2v) is 14.1. The lowest BCUT2D eigenvalue weighted by molar-refractivity contribution is 0.283. The lowest BCUT2D eigenvalue weighted by Crippen LogP contribution is -2.25. The fraction of sp³-hybridized carbons (Fsp3) is 0.256. The largest absolute Gasteiger partial charge is 0.399 e. The minimum atomic E-state index is 0.194. The SMILES string of the molecule is CCN(CCc1ccc(N)cc1)Cc1ccccc1.CCN(CCc1ccc(NC(N)=S)cc1)Cc1ccccc1.ClCCl.S=C(n1ccnc1)n1ccnc1. The van der Waals surface area contributed by atoms with Crippen LogP contribution < -0.4 is 16.8 Å². The number of nitrogens with two attached hydrogens (primary N) is 2. The fourth-order valence-electron chi connectivity index (χ4n) is 5.41. The second kappa shape index (κ2) is 27.1. The van der Waals surface area contributed by atoms with Crippen molar-refractivity contribution in [2.24, 2.45) is 5.73 Å². The van der Waals surface area contributed by atoms with Crippen molar-refractivity contribution >= 4 is 69.2 Å². The van der Waals surface area contributed by atoms with Crippen molar-refractivity contribution < 1.29 is 0 Å². The van der Waals surface area contributed by atoms with E-state index >= 15 is 0 Å². The zero-order valence-electron chi connectivity index (χ0n) is 32.1. The molecular formula is C43H53Cl2N9S2. The standard InChI is InChI=1S/C18H23N3S.C17H22N2.C7H6N4S.CH2Cl2/c1-2-21(14-16-6-4-3-5-7-16)13-12-15-8-10-17(11-9-15)20-18(19)22;1-2-19(14-16-6-4-3-5-7-16)13-12-15-8-10-17(18)11-9-15;12-7(10-3-1-8-5-10)11-4-2-9-6-11;2-1-3/h3-11H,2,12-14H2,1H3,(H3,19,20,22);3-11H,2,12-14,18H2,1H3;1-6H;1H2. The van der Waals surface area contributed by atoms with Gasteiger partial charge >= 0.3 is 0 Å². The Hall–Kier alpha value is -4.62. The Labute approximate surface area is 353 Å². The van der Waals surface area contributed by atoms with Crippen LogP contribution in [-0.4, -0.2) is 70.6 Å². The van der Waals surface area contributed by atoms with Gasteiger partial charge in [0, 0.05) is 62.3 Å². The Bertz CT molecular complexity index is 1860. The number of rotatable bonds is 13. The number of anilines is 2. The van der Waals surface area contributed by atoms with Gasteiger partial charge in [-0.15, -0.1) is 23.2 Å². The summed E-state index contributed by atoms with van der Waals surface area (Å²) in [6.07, 6.45) is 12.4. The van der Waals surface area contributed by atoms with E-state index < -0.39 is 0 Å². The first kappa shape index (κ1) is 45.8. The van der Waals surface area contributed by atoms with Gasteiger partial charge in [0.15, 0.2) is 10.2 Å². The summed E-state index contributed by atoms with van der Waals surface area (Å²) < 4.78 is 3.49. The Morgan fingerprint density at radius 1 is 0.643 bits per heavy atom. The number of nitrogen functional groups attached to an aromatic ring is 1. The first-order chi connectivity index (χ1) is 27.2. The number of imidazole rings is 2. The van der Waals surface area contributed by atoms with Crippen molar-refractivity contribution in [3.8, 4) is 0 Å². The first-order valence-electron chi connectivity index (χ1n) is 18.4. The third-order valence-electron chi connectivity index (χ3n) is 8.48. The van der Waals surface area contributed by atoms with Gasteiger partial charge in [0.05, 0.1) is 5.34 Å². The number of benzene rings is 4. The summed E-state index contributed by atoms with van der Waals surface area (Å²) in [5, 5.41) is 4.08. The predicted octanol–water partition coefficient (Wildman–Crippen LogP) is 8.92. The third kappa shape index (κ3) is 18.3. The molecule has 6 rings (SSSR count). The Morgan fingerprint density at radius 2 is 1.05 bits per heavy atom. The van der Waals surface area contributed by atoms with Crippen LogP contribution in [0.15, 0.2) is 147 Å². The van der Waals surface area contributed by atoms with E-state index in [-0.39, 0.29) is 5.34 Å². The smallest absolute Gasteiger partial charge is 0.190 e. The monoisotopic (exact) mass is 829 g/mol. The van der Waals surface area contributed by atoms with Crippen molar-refractivity contribution in [1.29, 1.82) is 0 Å². The predicted molar refractivity (Wildman–Crippen MR) is 244 cm³/mol. The van der Waals surface area contributed by atoms with Gasteiger partial charge in [-0.05, 0) is 96.9 Å². The van der Waals surface area contributed by atoms with Gasteiger partial charge in [-0.2, -0.15) is 0 Å². The van der Waals surface area contributed by atoms with Crippen LogP contribution in [0.3, 0.4) is 0 Å². The molecule has 0 saturated carbocycles. The number of nitrogens with zero attached hydrogens (tertiary/aromatic N) is 6. The average Bonchev–Trinajstić information content (AvgIpc) is 3.97. The summed E-state index contributed by atoms with van der Waals surface area (Å²) in [4.78, 5) is 12.7. The molecule has 2 heterocycles. The third-order valence-corrected chi connectivity index (χ3v) is 9.00. The highest BCUT2D eigenvalue weighted by molar-refractivity contribution is 7.80. The molecule has 5 N–H and O–H groups in total. The zero-order valence-corrected chi connectivity index (χ0v) is 35.3. The molecule has 56 heavy (non-hydrogen) atoms. The maximum absolute atomic E-state index is 5.70. The zero-order chi connectivity index (χ0) is 40.4. The maximum Gasteiger partial charge on any atom is 0.190 e. The van der Waals surface area contributed by atoms with Gasteiger partial charge in [-0.1, -0.05) is 98.8 Å². The molecule has 296 valence electrons. The van der Waals surface area contributed by atoms with Crippen LogP contribution in [0.2, 0.25) is 0 Å². The molecular weight excluding hydrogens is 778 g/mol. The number of halogens is 2. The van der Waals surface area contributed by atoms with Crippen molar-refractivity contribution in [2.45, 2.75) is 39.8 Å². The van der Waals surface area contributed by atoms with Crippen molar-refractivity contribution in [3.05, 3.63) is 169 Å². The number of alkyl halides is 2. The quantitative estimate of drug-likeness (QED) is 0.0598. The molecule has 0 aliphatic carbocycles. The van der Waals surface area contributed by atoms with Crippen molar-refractivity contribution in [2.75, 3.05) is 42.6 Å². The molecule has 0 amide bonds. The highest BCUT2D eigenvalue weighted by Crippen LogP contribution is 2.12. The van der Waals surface area contributed by atoms with Gasteiger partial charge in [0.25, 0.3) is 0 Å². The minimum Gasteiger partial charge on any atom is -0.399 e. The lowest BCUT2D eigenvalue weighted by Gasteiger charge is -2.20. The van der Waals surface area contributed by atoms with Gasteiger partial charge in [-0.25, -0.2) is 9.97 Å². The van der Waals surface area contributed by atoms with E-state index in [0.29, 0.717) is 10.2 Å². The molecule has 0 aliphatic heterocycles. The molecule has 2 aromatic heterocycles. The summed E-state index contributed by atoms with van der Waals surface area (Å²) in [6, 6.07) is 37.7. The molecule has 9 nitrogen and oxygen atoms in total. The van der Waals surface area contributed by atoms with E-state index in [0.717, 1.165) is 63.5 Å². The summed E-state index contributed by atoms with van der Waals surface area (Å²) in [7, 11) is 0. The molecule has 0 saturated heterocycles. The molecule has 0 aliphatic rings. The number of hydrogen-bond acceptors (Lipinski definition) is 7. The number of likely N-dealkylation sites (N-methyl/N-ethyl adjacent to an activating group) is 2. The molecule has 13 heteroatoms. The summed E-state index contributed by atoms with van der Waals surface area (Å²) in [5.74, 6) is 0. The lowest BCUT2D eigenvalue weighted by atomic mass is 10.1. The van der Waals surface area contributed by atoms with Gasteiger partial charge in [-0.3, -0.25) is 18.9 Å². The topological polar surface area (TPSA) is 106 Å². The molecule has 0 spiro atoms. The Kier molecular flexibility index (Phi) is 22.1. The van der Waals surface area contributed by atoms with E-state index in [1.54, 1.807) is 46.6 Å². The number of hydrogen-bond donors (Lipinski definition) is 3. The molecule has 0 fully saturated rings. The van der Waals surface area contributed by atoms with Crippen LogP contribution in [0, 0.1) is 0 Å². The number of nitrogens with one attached hydrogen (secondary N) is 1. The van der Waals surface area contributed by atoms with Gasteiger partial charge in [0.2, 0.25) is 0 Å². The highest BCUT2D eigenvalue weighted by Gasteiger charge is 2.06. The van der Waals surface area contributed by atoms with Crippen LogP contribution in [0.1, 0.15) is 36.1 Å². The minimum absolute atomic E-state index is 0.194. The molecule has 6 aromatic rings. The average molecular weight is 831 g/mol. The Balaban J connectivity index is 0.000000225. The van der Waals surface area contributed by atoms with Crippen LogP contribution >= 0.6 is 47.6 Å². The number of aromatic nitrogens is 4. The van der Waals surface area contributed by atoms with Gasteiger partial charge in [0.1, 0.15) is 12.7 Å². The number of thiocarbonyl (C=S) groups is 2.